The average molecular weight is 421 g/mol. The smallest absolute Gasteiger partial charge is 0.274 e. The van der Waals surface area contributed by atoms with Gasteiger partial charge in [0.15, 0.2) is 0 Å². The second kappa shape index (κ2) is 9.48. The Morgan fingerprint density at radius 2 is 1.86 bits per heavy atom. The summed E-state index contributed by atoms with van der Waals surface area (Å²) in [6.45, 7) is 1.71. The highest BCUT2D eigenvalue weighted by molar-refractivity contribution is 7.89. The van der Waals surface area contributed by atoms with Crippen LogP contribution in [-0.2, 0) is 14.8 Å². The van der Waals surface area contributed by atoms with Crippen LogP contribution in [0.4, 0.5) is 11.4 Å². The molecule has 0 radical (unpaired) electrons. The standard InChI is InChI=1S/C19H23N3O6S/c1-14-17(6-4-7-18(14)22(24)25)20-19(23)8-5-13-21(2)29(26,27)16-11-9-15(28-3)10-12-16/h4,6-7,9-12H,5,8,13H2,1-3H3,(H,20,23). The first-order chi connectivity index (χ1) is 13.7. The summed E-state index contributed by atoms with van der Waals surface area (Å²) in [6, 6.07) is 10.5. The van der Waals surface area contributed by atoms with Crippen molar-refractivity contribution in [3.8, 4) is 5.75 Å². The van der Waals surface area contributed by atoms with Gasteiger partial charge >= 0.3 is 0 Å². The quantitative estimate of drug-likeness (QED) is 0.491. The van der Waals surface area contributed by atoms with E-state index < -0.39 is 14.9 Å². The molecule has 0 aliphatic carbocycles. The fourth-order valence-corrected chi connectivity index (χ4v) is 3.89. The van der Waals surface area contributed by atoms with Gasteiger partial charge in [-0.3, -0.25) is 14.9 Å². The Balaban J connectivity index is 1.92. The van der Waals surface area contributed by atoms with Crippen molar-refractivity contribution in [1.29, 1.82) is 0 Å². The van der Waals surface area contributed by atoms with E-state index in [0.29, 0.717) is 23.4 Å². The van der Waals surface area contributed by atoms with Crippen LogP contribution in [0.3, 0.4) is 0 Å². The lowest BCUT2D eigenvalue weighted by Gasteiger charge is -2.17. The molecule has 1 amide bonds. The van der Waals surface area contributed by atoms with Gasteiger partial charge < -0.3 is 10.1 Å². The van der Waals surface area contributed by atoms with Gasteiger partial charge in [0.25, 0.3) is 5.69 Å². The summed E-state index contributed by atoms with van der Waals surface area (Å²) in [5.41, 5.74) is 0.654. The first-order valence-electron chi connectivity index (χ1n) is 8.81. The lowest BCUT2D eigenvalue weighted by atomic mass is 10.1. The van der Waals surface area contributed by atoms with Gasteiger partial charge in [-0.1, -0.05) is 6.07 Å². The number of nitrogens with zero attached hydrogens (tertiary/aromatic N) is 2. The van der Waals surface area contributed by atoms with E-state index in [1.807, 2.05) is 0 Å². The first-order valence-corrected chi connectivity index (χ1v) is 10.2. The lowest BCUT2D eigenvalue weighted by molar-refractivity contribution is -0.385. The highest BCUT2D eigenvalue weighted by Crippen LogP contribution is 2.25. The van der Waals surface area contributed by atoms with Gasteiger partial charge in [-0.25, -0.2) is 12.7 Å². The Bertz CT molecular complexity index is 990. The molecule has 1 N–H and O–H groups in total. The molecule has 2 aromatic carbocycles. The second-order valence-corrected chi connectivity index (χ2v) is 8.41. The molecule has 9 nitrogen and oxygen atoms in total. The molecule has 0 heterocycles. The van der Waals surface area contributed by atoms with Gasteiger partial charge in [-0.15, -0.1) is 0 Å². The molecule has 0 unspecified atom stereocenters. The van der Waals surface area contributed by atoms with Crippen LogP contribution in [0, 0.1) is 17.0 Å². The van der Waals surface area contributed by atoms with E-state index in [0.717, 1.165) is 0 Å². The zero-order chi connectivity index (χ0) is 21.6. The predicted molar refractivity (Wildman–Crippen MR) is 109 cm³/mol. The van der Waals surface area contributed by atoms with Gasteiger partial charge in [-0.2, -0.15) is 0 Å². The number of amides is 1. The molecule has 2 aromatic rings. The molecule has 0 bridgehead atoms. The summed E-state index contributed by atoms with van der Waals surface area (Å²) in [5, 5.41) is 13.6. The number of rotatable bonds is 9. The monoisotopic (exact) mass is 421 g/mol. The SMILES string of the molecule is COc1ccc(S(=O)(=O)N(C)CCCC(=O)Nc2cccc([N+](=O)[O-])c2C)cc1. The normalized spacial score (nSPS) is 11.3. The highest BCUT2D eigenvalue weighted by atomic mass is 32.2. The van der Waals surface area contributed by atoms with Crippen molar-refractivity contribution in [2.24, 2.45) is 0 Å². The number of hydrogen-bond acceptors (Lipinski definition) is 6. The van der Waals surface area contributed by atoms with Gasteiger partial charge in [0, 0.05) is 26.1 Å². The van der Waals surface area contributed by atoms with E-state index in [1.54, 1.807) is 25.1 Å². The first kappa shape index (κ1) is 22.3. The van der Waals surface area contributed by atoms with E-state index in [-0.39, 0.29) is 29.5 Å². The topological polar surface area (TPSA) is 119 Å². The molecule has 10 heteroatoms. The molecule has 2 rings (SSSR count). The molecule has 0 fully saturated rings. The highest BCUT2D eigenvalue weighted by Gasteiger charge is 2.21. The van der Waals surface area contributed by atoms with Crippen LogP contribution < -0.4 is 10.1 Å². The third-order valence-corrected chi connectivity index (χ3v) is 6.29. The van der Waals surface area contributed by atoms with E-state index in [9.17, 15) is 23.3 Å². The van der Waals surface area contributed by atoms with Gasteiger partial charge in [0.1, 0.15) is 5.75 Å². The van der Waals surface area contributed by atoms with E-state index in [4.69, 9.17) is 4.74 Å². The molecule has 156 valence electrons. The number of carbonyl (C=O) groups excluding carboxylic acids is 1. The summed E-state index contributed by atoms with van der Waals surface area (Å²) in [4.78, 5) is 22.8. The average Bonchev–Trinajstić information content (AvgIpc) is 2.69. The predicted octanol–water partition coefficient (Wildman–Crippen LogP) is 2.95. The Kier molecular flexibility index (Phi) is 7.29. The third kappa shape index (κ3) is 5.52. The minimum atomic E-state index is -3.67. The number of nitrogens with one attached hydrogen (secondary N) is 1. The third-order valence-electron chi connectivity index (χ3n) is 4.42. The molecule has 29 heavy (non-hydrogen) atoms. The molecule has 0 aliphatic heterocycles. The number of sulfonamides is 1. The van der Waals surface area contributed by atoms with Crippen LogP contribution in [0.5, 0.6) is 5.75 Å². The Hall–Kier alpha value is -2.98. The second-order valence-electron chi connectivity index (χ2n) is 6.36. The fraction of sp³-hybridized carbons (Fsp3) is 0.316. The van der Waals surface area contributed by atoms with Gasteiger partial charge in [-0.05, 0) is 43.7 Å². The largest absolute Gasteiger partial charge is 0.497 e. The van der Waals surface area contributed by atoms with Crippen LogP contribution in [0.15, 0.2) is 47.4 Å². The van der Waals surface area contributed by atoms with Gasteiger partial charge in [0.2, 0.25) is 15.9 Å². The van der Waals surface area contributed by atoms with E-state index in [2.05, 4.69) is 5.32 Å². The molecular formula is C19H23N3O6S. The number of carbonyl (C=O) groups is 1. The number of benzene rings is 2. The zero-order valence-corrected chi connectivity index (χ0v) is 17.2. The van der Waals surface area contributed by atoms with Crippen molar-refractivity contribution in [2.75, 3.05) is 26.0 Å². The molecule has 0 aromatic heterocycles. The van der Waals surface area contributed by atoms with E-state index >= 15 is 0 Å². The summed E-state index contributed by atoms with van der Waals surface area (Å²) in [5.74, 6) is 0.212. The number of nitro benzene ring substituents is 1. The van der Waals surface area contributed by atoms with Crippen molar-refractivity contribution >= 4 is 27.3 Å². The number of nitro groups is 1. The Morgan fingerprint density at radius 1 is 1.21 bits per heavy atom. The number of ether oxygens (including phenoxy) is 1. The maximum atomic E-state index is 12.6. The molecule has 0 saturated carbocycles. The number of methoxy groups -OCH3 is 1. The molecular weight excluding hydrogens is 398 g/mol. The molecule has 0 atom stereocenters. The minimum Gasteiger partial charge on any atom is -0.497 e. The summed E-state index contributed by atoms with van der Waals surface area (Å²) in [6.07, 6.45) is 0.371. The van der Waals surface area contributed by atoms with Crippen LogP contribution in [-0.4, -0.2) is 44.3 Å². The van der Waals surface area contributed by atoms with Crippen molar-refractivity contribution in [3.05, 3.63) is 58.1 Å². The zero-order valence-electron chi connectivity index (χ0n) is 16.4. The fourth-order valence-electron chi connectivity index (χ4n) is 2.68. The van der Waals surface area contributed by atoms with E-state index in [1.165, 1.54) is 42.7 Å². The van der Waals surface area contributed by atoms with Gasteiger partial charge in [0.05, 0.1) is 28.2 Å². The van der Waals surface area contributed by atoms with Crippen LogP contribution in [0.25, 0.3) is 0 Å². The molecule has 0 aliphatic rings. The van der Waals surface area contributed by atoms with Crippen molar-refractivity contribution in [3.63, 3.8) is 0 Å². The van der Waals surface area contributed by atoms with Crippen LogP contribution in [0.1, 0.15) is 18.4 Å². The Morgan fingerprint density at radius 3 is 2.45 bits per heavy atom. The summed E-state index contributed by atoms with van der Waals surface area (Å²) >= 11 is 0. The maximum absolute atomic E-state index is 12.6. The van der Waals surface area contributed by atoms with Crippen molar-refractivity contribution in [1.82, 2.24) is 4.31 Å². The number of hydrogen-bond donors (Lipinski definition) is 1. The Labute approximate surface area is 169 Å². The summed E-state index contributed by atoms with van der Waals surface area (Å²) in [7, 11) is -0.729. The van der Waals surface area contributed by atoms with Crippen LogP contribution in [0.2, 0.25) is 0 Å². The van der Waals surface area contributed by atoms with Crippen molar-refractivity contribution < 1.29 is 22.9 Å². The minimum absolute atomic E-state index is 0.0740. The maximum Gasteiger partial charge on any atom is 0.274 e. The van der Waals surface area contributed by atoms with Crippen molar-refractivity contribution in [2.45, 2.75) is 24.7 Å². The molecule has 0 saturated heterocycles. The number of anilines is 1. The van der Waals surface area contributed by atoms with Crippen LogP contribution >= 0.6 is 0 Å². The molecule has 0 spiro atoms. The summed E-state index contributed by atoms with van der Waals surface area (Å²) < 4.78 is 31.3. The lowest BCUT2D eigenvalue weighted by Crippen LogP contribution is -2.28.